The van der Waals surface area contributed by atoms with Crippen molar-refractivity contribution in [2.45, 2.75) is 6.10 Å². The van der Waals surface area contributed by atoms with E-state index in [9.17, 15) is 9.18 Å². The number of benzene rings is 1. The number of hydrogen-bond donors (Lipinski definition) is 0. The molecular formula is C10H9FO3. The number of rotatable bonds is 2. The molecule has 1 aliphatic heterocycles. The summed E-state index contributed by atoms with van der Waals surface area (Å²) in [6.45, 7) is 0.903. The van der Waals surface area contributed by atoms with E-state index < -0.39 is 5.97 Å². The Balaban J connectivity index is 1.99. The highest BCUT2D eigenvalue weighted by Crippen LogP contribution is 2.10. The van der Waals surface area contributed by atoms with Gasteiger partial charge in [0.25, 0.3) is 0 Å². The number of hydrogen-bond acceptors (Lipinski definition) is 3. The van der Waals surface area contributed by atoms with Crippen molar-refractivity contribution in [2.75, 3.05) is 13.2 Å². The smallest absolute Gasteiger partial charge is 0.338 e. The van der Waals surface area contributed by atoms with Gasteiger partial charge in [0.15, 0.2) is 0 Å². The van der Waals surface area contributed by atoms with Crippen LogP contribution in [0.25, 0.3) is 0 Å². The molecule has 0 amide bonds. The van der Waals surface area contributed by atoms with Crippen LogP contribution in [0.5, 0.6) is 0 Å². The summed E-state index contributed by atoms with van der Waals surface area (Å²) in [6, 6.07) is 5.26. The van der Waals surface area contributed by atoms with Crippen LogP contribution in [0.4, 0.5) is 4.39 Å². The third-order valence-corrected chi connectivity index (χ3v) is 1.96. The van der Waals surface area contributed by atoms with Gasteiger partial charge in [-0.3, -0.25) is 0 Å². The molecule has 14 heavy (non-hydrogen) atoms. The van der Waals surface area contributed by atoms with Crippen LogP contribution in [0.3, 0.4) is 0 Å². The molecular weight excluding hydrogens is 187 g/mol. The highest BCUT2D eigenvalue weighted by molar-refractivity contribution is 5.89. The predicted octanol–water partition coefficient (Wildman–Crippen LogP) is 1.38. The number of halogens is 1. The first-order chi connectivity index (χ1) is 6.75. The summed E-state index contributed by atoms with van der Waals surface area (Å²) in [5.41, 5.74) is 0.360. The van der Waals surface area contributed by atoms with Crippen LogP contribution in [0.15, 0.2) is 24.3 Å². The average Bonchev–Trinajstić information content (AvgIpc) is 2.12. The van der Waals surface area contributed by atoms with Gasteiger partial charge in [-0.25, -0.2) is 9.18 Å². The van der Waals surface area contributed by atoms with Crippen molar-refractivity contribution in [1.82, 2.24) is 0 Å². The van der Waals surface area contributed by atoms with Gasteiger partial charge in [0.2, 0.25) is 0 Å². The average molecular weight is 196 g/mol. The molecule has 2 rings (SSSR count). The van der Waals surface area contributed by atoms with Crippen LogP contribution < -0.4 is 0 Å². The van der Waals surface area contributed by atoms with Crippen LogP contribution >= 0.6 is 0 Å². The molecule has 1 fully saturated rings. The standard InChI is InChI=1S/C10H9FO3/c11-8-3-1-7(2-4-8)10(12)14-9-5-13-6-9/h1-4,9H,5-6H2. The minimum Gasteiger partial charge on any atom is -0.454 e. The van der Waals surface area contributed by atoms with Crippen molar-refractivity contribution in [3.8, 4) is 0 Å². The molecule has 0 N–H and O–H groups in total. The molecule has 1 aromatic rings. The summed E-state index contributed by atoms with van der Waals surface area (Å²) in [4.78, 5) is 11.4. The second kappa shape index (κ2) is 3.75. The Morgan fingerprint density at radius 1 is 1.36 bits per heavy atom. The quantitative estimate of drug-likeness (QED) is 0.670. The molecule has 0 aliphatic carbocycles. The first-order valence-electron chi connectivity index (χ1n) is 4.30. The molecule has 1 saturated heterocycles. The lowest BCUT2D eigenvalue weighted by molar-refractivity contribution is -0.103. The molecule has 1 heterocycles. The Labute approximate surface area is 80.4 Å². The van der Waals surface area contributed by atoms with Crippen LogP contribution in [-0.4, -0.2) is 25.3 Å². The summed E-state index contributed by atoms with van der Waals surface area (Å²) >= 11 is 0. The van der Waals surface area contributed by atoms with E-state index in [1.54, 1.807) is 0 Å². The van der Waals surface area contributed by atoms with Crippen LogP contribution in [0.1, 0.15) is 10.4 Å². The maximum Gasteiger partial charge on any atom is 0.338 e. The molecule has 0 spiro atoms. The molecule has 0 aromatic heterocycles. The van der Waals surface area contributed by atoms with Gasteiger partial charge in [-0.1, -0.05) is 0 Å². The largest absolute Gasteiger partial charge is 0.454 e. The third-order valence-electron chi connectivity index (χ3n) is 1.96. The SMILES string of the molecule is O=C(OC1COC1)c1ccc(F)cc1. The molecule has 0 atom stereocenters. The number of carbonyl (C=O) groups excluding carboxylic acids is 1. The Bertz CT molecular complexity index is 330. The summed E-state index contributed by atoms with van der Waals surface area (Å²) in [7, 11) is 0. The summed E-state index contributed by atoms with van der Waals surface area (Å²) in [5, 5.41) is 0. The molecule has 1 aliphatic rings. The van der Waals surface area contributed by atoms with Gasteiger partial charge in [-0.05, 0) is 24.3 Å². The van der Waals surface area contributed by atoms with Crippen molar-refractivity contribution >= 4 is 5.97 Å². The van der Waals surface area contributed by atoms with Gasteiger partial charge in [0.1, 0.15) is 11.9 Å². The molecule has 0 bridgehead atoms. The first-order valence-corrected chi connectivity index (χ1v) is 4.30. The normalized spacial score (nSPS) is 16.1. The minimum atomic E-state index is -0.432. The second-order valence-corrected chi connectivity index (χ2v) is 3.07. The van der Waals surface area contributed by atoms with Crippen molar-refractivity contribution in [1.29, 1.82) is 0 Å². The molecule has 1 aromatic carbocycles. The molecule has 3 nitrogen and oxygen atoms in total. The Morgan fingerprint density at radius 3 is 2.50 bits per heavy atom. The summed E-state index contributed by atoms with van der Waals surface area (Å²) in [6.07, 6.45) is -0.146. The van der Waals surface area contributed by atoms with E-state index in [1.807, 2.05) is 0 Å². The van der Waals surface area contributed by atoms with Crippen LogP contribution in [0, 0.1) is 5.82 Å². The minimum absolute atomic E-state index is 0.146. The van der Waals surface area contributed by atoms with Gasteiger partial charge in [-0.15, -0.1) is 0 Å². The number of ether oxygens (including phenoxy) is 2. The van der Waals surface area contributed by atoms with E-state index in [0.29, 0.717) is 18.8 Å². The van der Waals surface area contributed by atoms with Crippen LogP contribution in [0.2, 0.25) is 0 Å². The van der Waals surface area contributed by atoms with Crippen molar-refractivity contribution < 1.29 is 18.7 Å². The second-order valence-electron chi connectivity index (χ2n) is 3.07. The fourth-order valence-corrected chi connectivity index (χ4v) is 1.09. The van der Waals surface area contributed by atoms with E-state index in [2.05, 4.69) is 0 Å². The monoisotopic (exact) mass is 196 g/mol. The van der Waals surface area contributed by atoms with Gasteiger partial charge in [0, 0.05) is 0 Å². The predicted molar refractivity (Wildman–Crippen MR) is 46.4 cm³/mol. The summed E-state index contributed by atoms with van der Waals surface area (Å²) in [5.74, 6) is -0.799. The number of carbonyl (C=O) groups is 1. The Hall–Kier alpha value is -1.42. The van der Waals surface area contributed by atoms with E-state index in [1.165, 1.54) is 24.3 Å². The molecule has 0 radical (unpaired) electrons. The van der Waals surface area contributed by atoms with Crippen LogP contribution in [-0.2, 0) is 9.47 Å². The first kappa shape index (κ1) is 9.15. The molecule has 74 valence electrons. The highest BCUT2D eigenvalue weighted by Gasteiger charge is 2.23. The van der Waals surface area contributed by atoms with Gasteiger partial charge in [0.05, 0.1) is 18.8 Å². The molecule has 0 saturated carbocycles. The Morgan fingerprint density at radius 2 is 2.00 bits per heavy atom. The zero-order chi connectivity index (χ0) is 9.97. The topological polar surface area (TPSA) is 35.5 Å². The van der Waals surface area contributed by atoms with E-state index in [-0.39, 0.29) is 11.9 Å². The zero-order valence-corrected chi connectivity index (χ0v) is 7.40. The maximum absolute atomic E-state index is 12.5. The van der Waals surface area contributed by atoms with E-state index >= 15 is 0 Å². The lowest BCUT2D eigenvalue weighted by atomic mass is 10.2. The van der Waals surface area contributed by atoms with E-state index in [0.717, 1.165) is 0 Å². The fraction of sp³-hybridized carbons (Fsp3) is 0.300. The zero-order valence-electron chi connectivity index (χ0n) is 7.40. The van der Waals surface area contributed by atoms with Gasteiger partial charge < -0.3 is 9.47 Å². The van der Waals surface area contributed by atoms with Crippen molar-refractivity contribution in [3.05, 3.63) is 35.6 Å². The lowest BCUT2D eigenvalue weighted by Crippen LogP contribution is -2.37. The molecule has 4 heteroatoms. The third kappa shape index (κ3) is 1.90. The van der Waals surface area contributed by atoms with E-state index in [4.69, 9.17) is 9.47 Å². The summed E-state index contributed by atoms with van der Waals surface area (Å²) < 4.78 is 22.4. The molecule has 0 unspecified atom stereocenters. The maximum atomic E-state index is 12.5. The van der Waals surface area contributed by atoms with Crippen molar-refractivity contribution in [2.24, 2.45) is 0 Å². The number of esters is 1. The fourth-order valence-electron chi connectivity index (χ4n) is 1.09. The van der Waals surface area contributed by atoms with Gasteiger partial charge in [-0.2, -0.15) is 0 Å². The van der Waals surface area contributed by atoms with Gasteiger partial charge >= 0.3 is 5.97 Å². The highest BCUT2D eigenvalue weighted by atomic mass is 19.1. The Kier molecular flexibility index (Phi) is 2.45. The van der Waals surface area contributed by atoms with Crippen molar-refractivity contribution in [3.63, 3.8) is 0 Å². The lowest BCUT2D eigenvalue weighted by Gasteiger charge is -2.25.